The van der Waals surface area contributed by atoms with Crippen LogP contribution in [0.2, 0.25) is 0 Å². The lowest BCUT2D eigenvalue weighted by molar-refractivity contribution is 0.279. The van der Waals surface area contributed by atoms with Crippen molar-refractivity contribution in [3.05, 3.63) is 78.2 Å². The van der Waals surface area contributed by atoms with Gasteiger partial charge in [-0.05, 0) is 30.4 Å². The highest BCUT2D eigenvalue weighted by Gasteiger charge is 2.40. The Morgan fingerprint density at radius 2 is 1.55 bits per heavy atom. The van der Waals surface area contributed by atoms with Crippen molar-refractivity contribution < 1.29 is 0 Å². The normalized spacial score (nSPS) is 19.4. The van der Waals surface area contributed by atoms with Gasteiger partial charge in [-0.1, -0.05) is 73.5 Å². The predicted octanol–water partition coefficient (Wildman–Crippen LogP) is 4.40. The predicted molar refractivity (Wildman–Crippen MR) is 84.3 cm³/mol. The second kappa shape index (κ2) is 5.80. The monoisotopic (exact) mass is 264 g/mol. The van der Waals surface area contributed by atoms with Crippen LogP contribution in [-0.2, 0) is 5.41 Å². The fourth-order valence-corrected chi connectivity index (χ4v) is 3.50. The number of benzene rings is 2. The van der Waals surface area contributed by atoms with Gasteiger partial charge in [0.15, 0.2) is 0 Å². The number of hydrogen-bond acceptors (Lipinski definition) is 1. The maximum atomic E-state index is 6.72. The topological polar surface area (TPSA) is 26.0 Å². The molecule has 0 saturated heterocycles. The largest absolute Gasteiger partial charge is 0.323 e. The fraction of sp³-hybridized carbons (Fsp3) is 0.316. The van der Waals surface area contributed by atoms with Gasteiger partial charge >= 0.3 is 0 Å². The van der Waals surface area contributed by atoms with E-state index in [0.717, 1.165) is 6.42 Å². The Balaban J connectivity index is 2.02. The van der Waals surface area contributed by atoms with Gasteiger partial charge in [-0.15, -0.1) is 0 Å². The number of hydrogen-bond donors (Lipinski definition) is 1. The minimum absolute atomic E-state index is 0.0564. The summed E-state index contributed by atoms with van der Waals surface area (Å²) in [7, 11) is 0. The van der Waals surface area contributed by atoms with Crippen molar-refractivity contribution in [3.63, 3.8) is 0 Å². The molecule has 2 N–H and O–H groups in total. The molecule has 103 valence electrons. The molecule has 1 radical (unpaired) electrons. The summed E-state index contributed by atoms with van der Waals surface area (Å²) in [5.74, 6) is 0. The van der Waals surface area contributed by atoms with Crippen LogP contribution in [-0.4, -0.2) is 0 Å². The molecule has 0 aromatic heterocycles. The quantitative estimate of drug-likeness (QED) is 0.873. The summed E-state index contributed by atoms with van der Waals surface area (Å²) in [6, 6.07) is 21.4. The van der Waals surface area contributed by atoms with Crippen LogP contribution in [0, 0.1) is 6.42 Å². The van der Waals surface area contributed by atoms with Crippen LogP contribution in [0.15, 0.2) is 60.7 Å². The molecule has 1 aliphatic carbocycles. The van der Waals surface area contributed by atoms with Crippen LogP contribution in [0.25, 0.3) is 0 Å². The van der Waals surface area contributed by atoms with Crippen LogP contribution in [0.1, 0.15) is 42.9 Å². The van der Waals surface area contributed by atoms with Gasteiger partial charge in [-0.25, -0.2) is 0 Å². The van der Waals surface area contributed by atoms with Crippen LogP contribution in [0.5, 0.6) is 0 Å². The third-order valence-corrected chi connectivity index (χ3v) is 4.64. The van der Waals surface area contributed by atoms with E-state index in [4.69, 9.17) is 5.73 Å². The van der Waals surface area contributed by atoms with Gasteiger partial charge in [0.1, 0.15) is 0 Å². The average molecular weight is 264 g/mol. The van der Waals surface area contributed by atoms with Crippen molar-refractivity contribution in [2.45, 2.75) is 37.1 Å². The zero-order valence-electron chi connectivity index (χ0n) is 11.8. The minimum atomic E-state index is 0.0564. The average Bonchev–Trinajstić information content (AvgIpc) is 2.56. The first-order chi connectivity index (χ1) is 9.83. The lowest BCUT2D eigenvalue weighted by Crippen LogP contribution is -2.40. The molecular formula is C19H22N. The molecular weight excluding hydrogens is 242 g/mol. The Kier molecular flexibility index (Phi) is 3.88. The maximum absolute atomic E-state index is 6.72. The Morgan fingerprint density at radius 1 is 0.900 bits per heavy atom. The van der Waals surface area contributed by atoms with Gasteiger partial charge in [-0.3, -0.25) is 0 Å². The minimum Gasteiger partial charge on any atom is -0.323 e. The van der Waals surface area contributed by atoms with E-state index in [9.17, 15) is 0 Å². The van der Waals surface area contributed by atoms with Gasteiger partial charge in [0, 0.05) is 11.5 Å². The first-order valence-corrected chi connectivity index (χ1v) is 7.51. The Bertz CT molecular complexity index is 526. The van der Waals surface area contributed by atoms with Gasteiger partial charge < -0.3 is 5.73 Å². The Labute approximate surface area is 121 Å². The fourth-order valence-electron chi connectivity index (χ4n) is 3.50. The molecule has 0 amide bonds. The highest BCUT2D eigenvalue weighted by Crippen LogP contribution is 2.46. The molecule has 3 rings (SSSR count). The van der Waals surface area contributed by atoms with Crippen LogP contribution in [0.4, 0.5) is 0 Å². The van der Waals surface area contributed by atoms with Crippen molar-refractivity contribution in [2.75, 3.05) is 0 Å². The van der Waals surface area contributed by atoms with E-state index in [-0.39, 0.29) is 11.5 Å². The molecule has 20 heavy (non-hydrogen) atoms. The molecule has 0 unspecified atom stereocenters. The van der Waals surface area contributed by atoms with Crippen molar-refractivity contribution in [3.8, 4) is 0 Å². The van der Waals surface area contributed by atoms with Crippen LogP contribution < -0.4 is 5.73 Å². The molecule has 0 heterocycles. The lowest BCUT2D eigenvalue weighted by Gasteiger charge is -2.43. The zero-order chi connectivity index (χ0) is 13.8. The van der Waals surface area contributed by atoms with Crippen molar-refractivity contribution >= 4 is 0 Å². The number of nitrogens with two attached hydrogens (primary N) is 1. The summed E-state index contributed by atoms with van der Waals surface area (Å²) in [5, 5.41) is 0. The smallest absolute Gasteiger partial charge is 0.0393 e. The van der Waals surface area contributed by atoms with Crippen LogP contribution in [0.3, 0.4) is 0 Å². The summed E-state index contributed by atoms with van der Waals surface area (Å²) in [6.07, 6.45) is 7.11. The van der Waals surface area contributed by atoms with Gasteiger partial charge in [-0.2, -0.15) is 0 Å². The lowest BCUT2D eigenvalue weighted by atomic mass is 9.63. The second-order valence-electron chi connectivity index (χ2n) is 5.80. The highest BCUT2D eigenvalue weighted by atomic mass is 14.7. The molecule has 2 aromatic carbocycles. The highest BCUT2D eigenvalue weighted by molar-refractivity contribution is 5.34. The molecule has 0 bridgehead atoms. The van der Waals surface area contributed by atoms with Crippen molar-refractivity contribution in [1.29, 1.82) is 0 Å². The van der Waals surface area contributed by atoms with E-state index >= 15 is 0 Å². The summed E-state index contributed by atoms with van der Waals surface area (Å²) < 4.78 is 0. The summed E-state index contributed by atoms with van der Waals surface area (Å²) in [4.78, 5) is 0. The van der Waals surface area contributed by atoms with Crippen molar-refractivity contribution in [1.82, 2.24) is 0 Å². The third kappa shape index (κ3) is 2.38. The van der Waals surface area contributed by atoms with Crippen molar-refractivity contribution in [2.24, 2.45) is 5.73 Å². The third-order valence-electron chi connectivity index (χ3n) is 4.64. The zero-order valence-corrected chi connectivity index (χ0v) is 11.8. The van der Waals surface area contributed by atoms with E-state index < -0.39 is 0 Å². The first kappa shape index (κ1) is 13.4. The summed E-state index contributed by atoms with van der Waals surface area (Å²) in [5.41, 5.74) is 9.40. The first-order valence-electron chi connectivity index (χ1n) is 7.51. The van der Waals surface area contributed by atoms with E-state index in [2.05, 4.69) is 67.1 Å². The molecule has 2 aromatic rings. The van der Waals surface area contributed by atoms with Gasteiger partial charge in [0.25, 0.3) is 0 Å². The maximum Gasteiger partial charge on any atom is 0.0393 e. The molecule has 0 spiro atoms. The standard InChI is InChI=1S/C19H22N/c20-18(16-10-4-1-5-11-16)19(14-8-3-9-15-19)17-12-6-2-7-13-17/h1-2,4-8,10-13,18H,3,9,14-15,20H2/t18-,19-/m0/s1. The SMILES string of the molecule is N[C@@H](c1ccccc1)[C@@]1(c2ccccc2)C[CH]CCC1. The van der Waals surface area contributed by atoms with Crippen LogP contribution >= 0.6 is 0 Å². The Hall–Kier alpha value is -1.60. The molecule has 1 aliphatic rings. The van der Waals surface area contributed by atoms with E-state index in [1.54, 1.807) is 0 Å². The molecule has 1 heteroatoms. The van der Waals surface area contributed by atoms with E-state index in [1.807, 2.05) is 0 Å². The summed E-state index contributed by atoms with van der Waals surface area (Å²) in [6.45, 7) is 0. The molecule has 1 nitrogen and oxygen atoms in total. The molecule has 1 fully saturated rings. The summed E-state index contributed by atoms with van der Waals surface area (Å²) >= 11 is 0. The second-order valence-corrected chi connectivity index (χ2v) is 5.80. The van der Waals surface area contributed by atoms with E-state index in [0.29, 0.717) is 0 Å². The Morgan fingerprint density at radius 3 is 2.15 bits per heavy atom. The van der Waals surface area contributed by atoms with Gasteiger partial charge in [0.05, 0.1) is 0 Å². The number of rotatable bonds is 3. The van der Waals surface area contributed by atoms with Gasteiger partial charge in [0.2, 0.25) is 0 Å². The molecule has 1 saturated carbocycles. The van der Waals surface area contributed by atoms with E-state index in [1.165, 1.54) is 30.4 Å². The molecule has 2 atom stereocenters. The molecule has 0 aliphatic heterocycles.